The maximum absolute atomic E-state index is 11.0. The van der Waals surface area contributed by atoms with Crippen molar-refractivity contribution >= 4 is 34.9 Å². The second kappa shape index (κ2) is 5.10. The Balaban J connectivity index is 2.40. The second-order valence-corrected chi connectivity index (χ2v) is 5.18. The Hall–Kier alpha value is -2.00. The van der Waals surface area contributed by atoms with Gasteiger partial charge in [-0.15, -0.1) is 11.3 Å². The van der Waals surface area contributed by atoms with Crippen LogP contribution in [0.25, 0.3) is 0 Å². The Morgan fingerprint density at radius 1 is 1.50 bits per heavy atom. The van der Waals surface area contributed by atoms with Crippen LogP contribution in [0.5, 0.6) is 0 Å². The van der Waals surface area contributed by atoms with Crippen LogP contribution in [0.15, 0.2) is 33.1 Å². The summed E-state index contributed by atoms with van der Waals surface area (Å²) in [5.41, 5.74) is -0.156. The Bertz CT molecular complexity index is 600. The second-order valence-electron chi connectivity index (χ2n) is 3.00. The molecule has 0 amide bonds. The molecule has 2 aromatic heterocycles. The third-order valence-electron chi connectivity index (χ3n) is 1.88. The van der Waals surface area contributed by atoms with Gasteiger partial charge in [-0.1, -0.05) is 11.8 Å². The van der Waals surface area contributed by atoms with Crippen LogP contribution in [-0.4, -0.2) is 26.0 Å². The van der Waals surface area contributed by atoms with E-state index in [0.717, 1.165) is 17.8 Å². The SMILES string of the molecule is O=C(O)c1cc([N+](=O)[O-])ncc1Sc1nccs1. The summed E-state index contributed by atoms with van der Waals surface area (Å²) in [5, 5.41) is 21.3. The van der Waals surface area contributed by atoms with Crippen molar-refractivity contribution < 1.29 is 14.8 Å². The third kappa shape index (κ3) is 2.63. The summed E-state index contributed by atoms with van der Waals surface area (Å²) in [6.07, 6.45) is 2.76. The molecule has 1 N–H and O–H groups in total. The van der Waals surface area contributed by atoms with E-state index in [4.69, 9.17) is 5.11 Å². The lowest BCUT2D eigenvalue weighted by Crippen LogP contribution is -2.02. The van der Waals surface area contributed by atoms with Crippen LogP contribution in [0.2, 0.25) is 0 Å². The van der Waals surface area contributed by atoms with Crippen LogP contribution in [0.1, 0.15) is 10.4 Å². The summed E-state index contributed by atoms with van der Waals surface area (Å²) >= 11 is 2.46. The molecule has 2 heterocycles. The number of hydrogen-bond acceptors (Lipinski definition) is 7. The number of rotatable bonds is 4. The minimum atomic E-state index is -1.24. The van der Waals surface area contributed by atoms with Crippen molar-refractivity contribution in [3.05, 3.63) is 39.5 Å². The molecule has 0 unspecified atom stereocenters. The van der Waals surface area contributed by atoms with Gasteiger partial charge in [0.2, 0.25) is 0 Å². The van der Waals surface area contributed by atoms with Gasteiger partial charge in [0.25, 0.3) is 0 Å². The van der Waals surface area contributed by atoms with Crippen LogP contribution in [-0.2, 0) is 0 Å². The highest BCUT2D eigenvalue weighted by Crippen LogP contribution is 2.32. The average molecular weight is 283 g/mol. The first-order valence-electron chi connectivity index (χ1n) is 4.53. The number of nitrogens with zero attached hydrogens (tertiary/aromatic N) is 3. The zero-order chi connectivity index (χ0) is 13.1. The number of carbonyl (C=O) groups is 1. The molecule has 0 atom stereocenters. The van der Waals surface area contributed by atoms with E-state index < -0.39 is 16.7 Å². The van der Waals surface area contributed by atoms with Crippen LogP contribution >= 0.6 is 23.1 Å². The van der Waals surface area contributed by atoms with Gasteiger partial charge in [-0.25, -0.2) is 9.78 Å². The Morgan fingerprint density at radius 3 is 2.83 bits per heavy atom. The Labute approximate surface area is 109 Å². The predicted molar refractivity (Wildman–Crippen MR) is 64.1 cm³/mol. The number of hydrogen-bond donors (Lipinski definition) is 1. The van der Waals surface area contributed by atoms with Crippen molar-refractivity contribution in [2.24, 2.45) is 0 Å². The highest BCUT2D eigenvalue weighted by atomic mass is 32.2. The molecule has 2 rings (SSSR count). The number of pyridine rings is 1. The number of nitro groups is 1. The van der Waals surface area contributed by atoms with Crippen LogP contribution in [0.4, 0.5) is 5.82 Å². The molecule has 0 bridgehead atoms. The predicted octanol–water partition coefficient (Wildman–Crippen LogP) is 2.30. The summed E-state index contributed by atoms with van der Waals surface area (Å²) < 4.78 is 0.646. The van der Waals surface area contributed by atoms with Gasteiger partial charge in [-0.3, -0.25) is 0 Å². The van der Waals surface area contributed by atoms with Crippen molar-refractivity contribution in [1.29, 1.82) is 0 Å². The van der Waals surface area contributed by atoms with Crippen molar-refractivity contribution in [3.63, 3.8) is 0 Å². The molecule has 0 saturated heterocycles. The zero-order valence-corrected chi connectivity index (χ0v) is 10.3. The van der Waals surface area contributed by atoms with E-state index in [2.05, 4.69) is 9.97 Å². The van der Waals surface area contributed by atoms with Gasteiger partial charge in [0.05, 0.1) is 16.5 Å². The summed E-state index contributed by atoms with van der Waals surface area (Å²) in [6, 6.07) is 0.943. The molecule has 0 saturated carbocycles. The average Bonchev–Trinajstić information content (AvgIpc) is 2.81. The fourth-order valence-electron chi connectivity index (χ4n) is 1.13. The third-order valence-corrected chi connectivity index (χ3v) is 3.81. The Morgan fingerprint density at radius 2 is 2.28 bits per heavy atom. The number of aromatic nitrogens is 2. The van der Waals surface area contributed by atoms with E-state index in [1.54, 1.807) is 11.6 Å². The first-order valence-corrected chi connectivity index (χ1v) is 6.22. The van der Waals surface area contributed by atoms with Crippen LogP contribution in [0.3, 0.4) is 0 Å². The molecule has 0 aromatic carbocycles. The van der Waals surface area contributed by atoms with E-state index in [1.807, 2.05) is 0 Å². The van der Waals surface area contributed by atoms with Crippen molar-refractivity contribution in [2.75, 3.05) is 0 Å². The number of thiazole rings is 1. The molecule has 0 spiro atoms. The lowest BCUT2D eigenvalue weighted by atomic mass is 10.2. The number of carboxylic acids is 1. The monoisotopic (exact) mass is 283 g/mol. The highest BCUT2D eigenvalue weighted by molar-refractivity contribution is 8.01. The summed E-state index contributed by atoms with van der Waals surface area (Å²) in [4.78, 5) is 28.8. The smallest absolute Gasteiger partial charge is 0.364 e. The molecule has 9 heteroatoms. The van der Waals surface area contributed by atoms with Crippen molar-refractivity contribution in [1.82, 2.24) is 9.97 Å². The van der Waals surface area contributed by atoms with Gasteiger partial charge in [0.15, 0.2) is 10.5 Å². The lowest BCUT2D eigenvalue weighted by Gasteiger charge is -2.01. The van der Waals surface area contributed by atoms with Gasteiger partial charge in [-0.2, -0.15) is 0 Å². The summed E-state index contributed by atoms with van der Waals surface area (Å²) in [7, 11) is 0. The highest BCUT2D eigenvalue weighted by Gasteiger charge is 2.19. The molecule has 0 fully saturated rings. The standard InChI is InChI=1S/C9H5N3O4S2/c13-8(14)5-3-7(12(15)16)11-4-6(5)18-9-10-1-2-17-9/h1-4H,(H,13,14). The van der Waals surface area contributed by atoms with E-state index in [1.165, 1.54) is 17.5 Å². The maximum atomic E-state index is 11.0. The van der Waals surface area contributed by atoms with E-state index in [0.29, 0.717) is 9.24 Å². The van der Waals surface area contributed by atoms with Crippen LogP contribution < -0.4 is 0 Å². The fraction of sp³-hybridized carbons (Fsp3) is 0. The molecule has 0 aliphatic rings. The van der Waals surface area contributed by atoms with Gasteiger partial charge in [0, 0.05) is 11.6 Å². The van der Waals surface area contributed by atoms with Gasteiger partial charge < -0.3 is 15.2 Å². The largest absolute Gasteiger partial charge is 0.478 e. The van der Waals surface area contributed by atoms with Crippen molar-refractivity contribution in [3.8, 4) is 0 Å². The topological polar surface area (TPSA) is 106 Å². The molecule has 2 aromatic rings. The molecule has 18 heavy (non-hydrogen) atoms. The maximum Gasteiger partial charge on any atom is 0.364 e. The number of aromatic carboxylic acids is 1. The molecular weight excluding hydrogens is 278 g/mol. The lowest BCUT2D eigenvalue weighted by molar-refractivity contribution is -0.389. The normalized spacial score (nSPS) is 10.2. The molecular formula is C9H5N3O4S2. The summed E-state index contributed by atoms with van der Waals surface area (Å²) in [5.74, 6) is -1.73. The van der Waals surface area contributed by atoms with E-state index in [9.17, 15) is 14.9 Å². The quantitative estimate of drug-likeness (QED) is 0.677. The van der Waals surface area contributed by atoms with Gasteiger partial charge in [0.1, 0.15) is 0 Å². The van der Waals surface area contributed by atoms with E-state index in [-0.39, 0.29) is 5.56 Å². The molecule has 0 aliphatic heterocycles. The molecule has 0 radical (unpaired) electrons. The van der Waals surface area contributed by atoms with Crippen molar-refractivity contribution in [2.45, 2.75) is 9.24 Å². The Kier molecular flexibility index (Phi) is 3.53. The minimum absolute atomic E-state index is 0.156. The number of carboxylic acid groups (broad SMARTS) is 1. The van der Waals surface area contributed by atoms with Crippen LogP contribution in [0, 0.1) is 10.1 Å². The minimum Gasteiger partial charge on any atom is -0.478 e. The van der Waals surface area contributed by atoms with E-state index >= 15 is 0 Å². The molecule has 7 nitrogen and oxygen atoms in total. The summed E-state index contributed by atoms with van der Waals surface area (Å²) in [6.45, 7) is 0. The molecule has 0 aliphatic carbocycles. The zero-order valence-electron chi connectivity index (χ0n) is 8.64. The van der Waals surface area contributed by atoms with Gasteiger partial charge in [-0.05, 0) is 9.91 Å². The first-order chi connectivity index (χ1) is 8.58. The first kappa shape index (κ1) is 12.5. The fourth-order valence-corrected chi connectivity index (χ4v) is 2.79. The van der Waals surface area contributed by atoms with Gasteiger partial charge >= 0.3 is 11.8 Å². The molecule has 92 valence electrons.